The standard InChI is InChI=1S/C11H12ClNO/c1-7-13-10-6-8(12)4-5-9(10)11(2,3)14-7/h4-6H,1-3H3. The molecule has 0 spiro atoms. The van der Waals surface area contributed by atoms with Crippen LogP contribution in [0.3, 0.4) is 0 Å². The number of aliphatic imine (C=N–C) groups is 1. The van der Waals surface area contributed by atoms with Crippen molar-refractivity contribution in [1.29, 1.82) is 0 Å². The molecule has 2 nitrogen and oxygen atoms in total. The Morgan fingerprint density at radius 1 is 1.36 bits per heavy atom. The highest BCUT2D eigenvalue weighted by Crippen LogP contribution is 2.38. The van der Waals surface area contributed by atoms with Gasteiger partial charge in [0.2, 0.25) is 0 Å². The number of hydrogen-bond donors (Lipinski definition) is 0. The van der Waals surface area contributed by atoms with Crippen LogP contribution in [0.5, 0.6) is 0 Å². The third-order valence-electron chi connectivity index (χ3n) is 2.29. The number of fused-ring (bicyclic) bond motifs is 1. The van der Waals surface area contributed by atoms with E-state index in [1.807, 2.05) is 39.0 Å². The van der Waals surface area contributed by atoms with Crippen LogP contribution >= 0.6 is 11.6 Å². The van der Waals surface area contributed by atoms with E-state index in [0.717, 1.165) is 11.3 Å². The van der Waals surface area contributed by atoms with Crippen molar-refractivity contribution in [2.45, 2.75) is 26.4 Å². The first-order valence-electron chi connectivity index (χ1n) is 4.53. The highest BCUT2D eigenvalue weighted by molar-refractivity contribution is 6.30. The van der Waals surface area contributed by atoms with E-state index >= 15 is 0 Å². The van der Waals surface area contributed by atoms with Crippen LogP contribution in [-0.4, -0.2) is 5.90 Å². The SMILES string of the molecule is CC1=Nc2cc(Cl)ccc2C(C)(C)O1. The van der Waals surface area contributed by atoms with Crippen molar-refractivity contribution in [3.8, 4) is 0 Å². The fourth-order valence-corrected chi connectivity index (χ4v) is 1.89. The van der Waals surface area contributed by atoms with Crippen LogP contribution in [0, 0.1) is 0 Å². The van der Waals surface area contributed by atoms with Gasteiger partial charge in [0, 0.05) is 17.5 Å². The van der Waals surface area contributed by atoms with E-state index in [-0.39, 0.29) is 5.60 Å². The second kappa shape index (κ2) is 2.99. The first kappa shape index (κ1) is 9.53. The normalized spacial score (nSPS) is 18.1. The van der Waals surface area contributed by atoms with Crippen LogP contribution in [0.1, 0.15) is 26.3 Å². The summed E-state index contributed by atoms with van der Waals surface area (Å²) in [6, 6.07) is 5.69. The predicted molar refractivity (Wildman–Crippen MR) is 58.3 cm³/mol. The van der Waals surface area contributed by atoms with E-state index in [2.05, 4.69) is 4.99 Å². The minimum absolute atomic E-state index is 0.314. The number of ether oxygens (including phenoxy) is 1. The maximum Gasteiger partial charge on any atom is 0.186 e. The molecular weight excluding hydrogens is 198 g/mol. The Kier molecular flexibility index (Phi) is 2.04. The molecule has 1 heterocycles. The first-order valence-corrected chi connectivity index (χ1v) is 4.91. The van der Waals surface area contributed by atoms with E-state index < -0.39 is 0 Å². The molecule has 0 aromatic heterocycles. The minimum Gasteiger partial charge on any atom is -0.470 e. The largest absolute Gasteiger partial charge is 0.470 e. The smallest absolute Gasteiger partial charge is 0.186 e. The fraction of sp³-hybridized carbons (Fsp3) is 0.364. The molecule has 0 radical (unpaired) electrons. The zero-order valence-electron chi connectivity index (χ0n) is 8.47. The predicted octanol–water partition coefficient (Wildman–Crippen LogP) is 3.66. The lowest BCUT2D eigenvalue weighted by Crippen LogP contribution is -2.27. The van der Waals surface area contributed by atoms with Crippen LogP contribution in [0.2, 0.25) is 5.02 Å². The topological polar surface area (TPSA) is 21.6 Å². The molecule has 3 heteroatoms. The molecule has 0 atom stereocenters. The van der Waals surface area contributed by atoms with Gasteiger partial charge in [0.25, 0.3) is 0 Å². The molecule has 0 saturated heterocycles. The van der Waals surface area contributed by atoms with Gasteiger partial charge >= 0.3 is 0 Å². The van der Waals surface area contributed by atoms with Gasteiger partial charge in [0.15, 0.2) is 5.90 Å². The molecule has 0 saturated carbocycles. The Hall–Kier alpha value is -1.02. The van der Waals surface area contributed by atoms with E-state index in [1.165, 1.54) is 0 Å². The van der Waals surface area contributed by atoms with Gasteiger partial charge in [-0.1, -0.05) is 17.7 Å². The number of benzene rings is 1. The van der Waals surface area contributed by atoms with Crippen molar-refractivity contribution in [1.82, 2.24) is 0 Å². The summed E-state index contributed by atoms with van der Waals surface area (Å²) in [6.07, 6.45) is 0. The number of halogens is 1. The third-order valence-corrected chi connectivity index (χ3v) is 2.52. The van der Waals surface area contributed by atoms with Gasteiger partial charge in [-0.2, -0.15) is 0 Å². The van der Waals surface area contributed by atoms with Gasteiger partial charge in [0.1, 0.15) is 5.60 Å². The maximum atomic E-state index is 5.91. The first-order chi connectivity index (χ1) is 6.49. The molecule has 0 aliphatic carbocycles. The molecule has 0 N–H and O–H groups in total. The van der Waals surface area contributed by atoms with Gasteiger partial charge in [-0.05, 0) is 26.0 Å². The second-order valence-electron chi connectivity index (χ2n) is 3.90. The van der Waals surface area contributed by atoms with Crippen LogP contribution < -0.4 is 0 Å². The van der Waals surface area contributed by atoms with E-state index in [4.69, 9.17) is 16.3 Å². The molecule has 1 aromatic rings. The van der Waals surface area contributed by atoms with Crippen molar-refractivity contribution in [3.63, 3.8) is 0 Å². The molecule has 0 fully saturated rings. The Morgan fingerprint density at radius 3 is 2.79 bits per heavy atom. The van der Waals surface area contributed by atoms with E-state index in [9.17, 15) is 0 Å². The Morgan fingerprint density at radius 2 is 2.07 bits per heavy atom. The van der Waals surface area contributed by atoms with E-state index in [0.29, 0.717) is 10.9 Å². The summed E-state index contributed by atoms with van der Waals surface area (Å²) in [6.45, 7) is 5.90. The lowest BCUT2D eigenvalue weighted by Gasteiger charge is -2.31. The summed E-state index contributed by atoms with van der Waals surface area (Å²) >= 11 is 5.91. The van der Waals surface area contributed by atoms with Gasteiger partial charge in [-0.15, -0.1) is 0 Å². The van der Waals surface area contributed by atoms with Crippen molar-refractivity contribution in [3.05, 3.63) is 28.8 Å². The summed E-state index contributed by atoms with van der Waals surface area (Å²) in [5.74, 6) is 0.685. The summed E-state index contributed by atoms with van der Waals surface area (Å²) in [7, 11) is 0. The third kappa shape index (κ3) is 1.50. The Labute approximate surface area is 88.6 Å². The maximum absolute atomic E-state index is 5.91. The summed E-state index contributed by atoms with van der Waals surface area (Å²) < 4.78 is 5.65. The van der Waals surface area contributed by atoms with Gasteiger partial charge in [0.05, 0.1) is 5.69 Å². The molecule has 1 aromatic carbocycles. The monoisotopic (exact) mass is 209 g/mol. The molecule has 0 unspecified atom stereocenters. The van der Waals surface area contributed by atoms with Crippen LogP contribution in [-0.2, 0) is 10.3 Å². The highest BCUT2D eigenvalue weighted by Gasteiger charge is 2.29. The average molecular weight is 210 g/mol. The number of hydrogen-bond acceptors (Lipinski definition) is 2. The van der Waals surface area contributed by atoms with Crippen molar-refractivity contribution >= 4 is 23.2 Å². The second-order valence-corrected chi connectivity index (χ2v) is 4.34. The number of rotatable bonds is 0. The van der Waals surface area contributed by atoms with E-state index in [1.54, 1.807) is 0 Å². The summed E-state index contributed by atoms with van der Waals surface area (Å²) in [5, 5.41) is 0.706. The summed E-state index contributed by atoms with van der Waals surface area (Å²) in [4.78, 5) is 4.31. The molecule has 14 heavy (non-hydrogen) atoms. The Bertz CT molecular complexity index is 410. The quantitative estimate of drug-likeness (QED) is 0.639. The Balaban J connectivity index is 2.63. The van der Waals surface area contributed by atoms with Gasteiger partial charge in [-0.3, -0.25) is 0 Å². The van der Waals surface area contributed by atoms with Crippen molar-refractivity contribution < 1.29 is 4.74 Å². The van der Waals surface area contributed by atoms with Crippen LogP contribution in [0.25, 0.3) is 0 Å². The van der Waals surface area contributed by atoms with Crippen LogP contribution in [0.15, 0.2) is 23.2 Å². The zero-order valence-corrected chi connectivity index (χ0v) is 9.22. The average Bonchev–Trinajstić information content (AvgIpc) is 2.00. The molecule has 1 aliphatic heterocycles. The molecule has 0 bridgehead atoms. The molecule has 74 valence electrons. The van der Waals surface area contributed by atoms with Gasteiger partial charge in [-0.25, -0.2) is 4.99 Å². The zero-order chi connectivity index (χ0) is 10.3. The summed E-state index contributed by atoms with van der Waals surface area (Å²) in [5.41, 5.74) is 1.67. The molecular formula is C11H12ClNO. The van der Waals surface area contributed by atoms with Gasteiger partial charge < -0.3 is 4.74 Å². The molecule has 1 aliphatic rings. The highest BCUT2D eigenvalue weighted by atomic mass is 35.5. The lowest BCUT2D eigenvalue weighted by atomic mass is 9.95. The lowest BCUT2D eigenvalue weighted by molar-refractivity contribution is 0.0891. The van der Waals surface area contributed by atoms with Crippen molar-refractivity contribution in [2.75, 3.05) is 0 Å². The number of nitrogens with zero attached hydrogens (tertiary/aromatic N) is 1. The molecule has 0 amide bonds. The van der Waals surface area contributed by atoms with Crippen LogP contribution in [0.4, 0.5) is 5.69 Å². The minimum atomic E-state index is -0.314. The van der Waals surface area contributed by atoms with Crippen molar-refractivity contribution in [2.24, 2.45) is 4.99 Å². The fourth-order valence-electron chi connectivity index (χ4n) is 1.72. The molecule has 2 rings (SSSR count).